The summed E-state index contributed by atoms with van der Waals surface area (Å²) in [5, 5.41) is 3.68. The fourth-order valence-electron chi connectivity index (χ4n) is 4.52. The topological polar surface area (TPSA) is 12.0 Å². The fourth-order valence-corrected chi connectivity index (χ4v) is 4.52. The Bertz CT molecular complexity index is 470. The molecule has 1 aromatic carbocycles. The van der Waals surface area contributed by atoms with Crippen molar-refractivity contribution in [1.82, 2.24) is 5.32 Å². The van der Waals surface area contributed by atoms with Gasteiger partial charge < -0.3 is 5.32 Å². The number of aryl methyl sites for hydroxylation is 1. The third-order valence-electron chi connectivity index (χ3n) is 5.53. The number of hydrogen-bond donors (Lipinski definition) is 1. The second-order valence-corrected chi connectivity index (χ2v) is 6.78. The number of halogens is 1. The number of benzene rings is 1. The first-order valence-electron chi connectivity index (χ1n) is 8.15. The standard InChI is InChI=1S/C18H26FN/c1-3-20-18(17-9-13-5-6-14(17)8-13)11-15-10-16(19)7-4-12(15)2/h4,7,10,13-14,17-18,20H,3,5-6,8-9,11H2,1-2H3. The van der Waals surface area contributed by atoms with E-state index in [1.165, 1.54) is 36.8 Å². The minimum Gasteiger partial charge on any atom is -0.314 e. The molecular weight excluding hydrogens is 249 g/mol. The molecule has 3 rings (SSSR count). The average Bonchev–Trinajstić information content (AvgIpc) is 3.05. The van der Waals surface area contributed by atoms with E-state index in [1.54, 1.807) is 12.1 Å². The van der Waals surface area contributed by atoms with E-state index in [-0.39, 0.29) is 5.82 Å². The van der Waals surface area contributed by atoms with Gasteiger partial charge in [0.2, 0.25) is 0 Å². The van der Waals surface area contributed by atoms with Gasteiger partial charge in [0.1, 0.15) is 5.82 Å². The lowest BCUT2D eigenvalue weighted by Gasteiger charge is -2.31. The summed E-state index contributed by atoms with van der Waals surface area (Å²) in [6.45, 7) is 5.28. The van der Waals surface area contributed by atoms with Gasteiger partial charge in [-0.15, -0.1) is 0 Å². The van der Waals surface area contributed by atoms with Gasteiger partial charge in [-0.2, -0.15) is 0 Å². The highest BCUT2D eigenvalue weighted by atomic mass is 19.1. The molecule has 0 aliphatic heterocycles. The second-order valence-electron chi connectivity index (χ2n) is 6.78. The Kier molecular flexibility index (Phi) is 4.11. The zero-order chi connectivity index (χ0) is 14.1. The largest absolute Gasteiger partial charge is 0.314 e. The first-order valence-corrected chi connectivity index (χ1v) is 8.15. The molecule has 4 unspecified atom stereocenters. The molecule has 0 amide bonds. The van der Waals surface area contributed by atoms with Crippen LogP contribution in [-0.2, 0) is 6.42 Å². The quantitative estimate of drug-likeness (QED) is 0.853. The van der Waals surface area contributed by atoms with E-state index in [1.807, 2.05) is 6.07 Å². The summed E-state index contributed by atoms with van der Waals surface area (Å²) in [6, 6.07) is 5.73. The minimum absolute atomic E-state index is 0.103. The van der Waals surface area contributed by atoms with Crippen molar-refractivity contribution in [2.75, 3.05) is 6.54 Å². The van der Waals surface area contributed by atoms with Gasteiger partial charge in [-0.25, -0.2) is 4.39 Å². The van der Waals surface area contributed by atoms with Crippen molar-refractivity contribution in [3.63, 3.8) is 0 Å². The van der Waals surface area contributed by atoms with Gasteiger partial charge in [0.25, 0.3) is 0 Å². The Hall–Kier alpha value is -0.890. The fraction of sp³-hybridized carbons (Fsp3) is 0.667. The molecule has 2 aliphatic rings. The number of rotatable bonds is 5. The van der Waals surface area contributed by atoms with Crippen molar-refractivity contribution in [2.45, 2.75) is 52.0 Å². The lowest BCUT2D eigenvalue weighted by atomic mass is 9.80. The number of fused-ring (bicyclic) bond motifs is 2. The molecule has 110 valence electrons. The Labute approximate surface area is 122 Å². The van der Waals surface area contributed by atoms with Crippen LogP contribution in [0.4, 0.5) is 4.39 Å². The van der Waals surface area contributed by atoms with Gasteiger partial charge in [0, 0.05) is 6.04 Å². The van der Waals surface area contributed by atoms with Gasteiger partial charge in [0.05, 0.1) is 0 Å². The summed E-state index contributed by atoms with van der Waals surface area (Å²) in [7, 11) is 0. The normalized spacial score (nSPS) is 29.9. The molecule has 0 saturated heterocycles. The van der Waals surface area contributed by atoms with E-state index in [0.717, 1.165) is 30.7 Å². The molecule has 0 radical (unpaired) electrons. The van der Waals surface area contributed by atoms with Crippen LogP contribution in [0.2, 0.25) is 0 Å². The van der Waals surface area contributed by atoms with E-state index in [4.69, 9.17) is 0 Å². The smallest absolute Gasteiger partial charge is 0.123 e. The molecular formula is C18H26FN. The molecule has 1 aromatic rings. The molecule has 2 heteroatoms. The summed E-state index contributed by atoms with van der Waals surface area (Å²) in [5.74, 6) is 2.59. The third kappa shape index (κ3) is 2.76. The van der Waals surface area contributed by atoms with Crippen LogP contribution in [0.5, 0.6) is 0 Å². The van der Waals surface area contributed by atoms with E-state index in [9.17, 15) is 4.39 Å². The second kappa shape index (κ2) is 5.85. The van der Waals surface area contributed by atoms with Crippen LogP contribution in [0, 0.1) is 30.5 Å². The van der Waals surface area contributed by atoms with Gasteiger partial charge in [-0.1, -0.05) is 19.4 Å². The Morgan fingerprint density at radius 3 is 2.80 bits per heavy atom. The van der Waals surface area contributed by atoms with Crippen molar-refractivity contribution >= 4 is 0 Å². The van der Waals surface area contributed by atoms with Crippen molar-refractivity contribution in [1.29, 1.82) is 0 Å². The van der Waals surface area contributed by atoms with E-state index in [0.29, 0.717) is 6.04 Å². The van der Waals surface area contributed by atoms with Crippen molar-refractivity contribution in [3.8, 4) is 0 Å². The van der Waals surface area contributed by atoms with Gasteiger partial charge in [-0.3, -0.25) is 0 Å². The monoisotopic (exact) mass is 275 g/mol. The maximum atomic E-state index is 13.5. The highest BCUT2D eigenvalue weighted by molar-refractivity contribution is 5.27. The highest BCUT2D eigenvalue weighted by Crippen LogP contribution is 2.49. The number of nitrogens with one attached hydrogen (secondary N) is 1. The number of hydrogen-bond acceptors (Lipinski definition) is 1. The molecule has 1 N–H and O–H groups in total. The van der Waals surface area contributed by atoms with Crippen molar-refractivity contribution in [3.05, 3.63) is 35.1 Å². The highest BCUT2D eigenvalue weighted by Gasteiger charge is 2.42. The zero-order valence-electron chi connectivity index (χ0n) is 12.7. The predicted molar refractivity (Wildman–Crippen MR) is 81.2 cm³/mol. The molecule has 2 saturated carbocycles. The molecule has 20 heavy (non-hydrogen) atoms. The van der Waals surface area contributed by atoms with E-state index in [2.05, 4.69) is 19.2 Å². The summed E-state index contributed by atoms with van der Waals surface area (Å²) < 4.78 is 13.5. The van der Waals surface area contributed by atoms with Crippen LogP contribution in [-0.4, -0.2) is 12.6 Å². The van der Waals surface area contributed by atoms with Crippen LogP contribution >= 0.6 is 0 Å². The lowest BCUT2D eigenvalue weighted by Crippen LogP contribution is -2.40. The SMILES string of the molecule is CCNC(Cc1cc(F)ccc1C)C1CC2CCC1C2. The van der Waals surface area contributed by atoms with Gasteiger partial charge >= 0.3 is 0 Å². The van der Waals surface area contributed by atoms with Crippen molar-refractivity contribution < 1.29 is 4.39 Å². The van der Waals surface area contributed by atoms with Crippen LogP contribution in [0.1, 0.15) is 43.7 Å². The Balaban J connectivity index is 1.75. The Morgan fingerprint density at radius 1 is 1.30 bits per heavy atom. The molecule has 2 fully saturated rings. The lowest BCUT2D eigenvalue weighted by molar-refractivity contribution is 0.249. The first-order chi connectivity index (χ1) is 9.67. The molecule has 0 aromatic heterocycles. The zero-order valence-corrected chi connectivity index (χ0v) is 12.7. The number of likely N-dealkylation sites (N-methyl/N-ethyl adjacent to an activating group) is 1. The van der Waals surface area contributed by atoms with Gasteiger partial charge in [-0.05, 0) is 80.2 Å². The predicted octanol–water partition coefficient (Wildman–Crippen LogP) is 4.09. The van der Waals surface area contributed by atoms with Crippen molar-refractivity contribution in [2.24, 2.45) is 17.8 Å². The van der Waals surface area contributed by atoms with Crippen LogP contribution in [0.3, 0.4) is 0 Å². The average molecular weight is 275 g/mol. The maximum absolute atomic E-state index is 13.5. The molecule has 4 atom stereocenters. The minimum atomic E-state index is -0.103. The van der Waals surface area contributed by atoms with Crippen LogP contribution < -0.4 is 5.32 Å². The summed E-state index contributed by atoms with van der Waals surface area (Å²) >= 11 is 0. The summed E-state index contributed by atoms with van der Waals surface area (Å²) in [5.41, 5.74) is 2.40. The van der Waals surface area contributed by atoms with Gasteiger partial charge in [0.15, 0.2) is 0 Å². The first kappa shape index (κ1) is 14.1. The van der Waals surface area contributed by atoms with E-state index < -0.39 is 0 Å². The summed E-state index contributed by atoms with van der Waals surface area (Å²) in [6.07, 6.45) is 6.66. The Morgan fingerprint density at radius 2 is 2.15 bits per heavy atom. The van der Waals surface area contributed by atoms with E-state index >= 15 is 0 Å². The van der Waals surface area contributed by atoms with Crippen LogP contribution in [0.15, 0.2) is 18.2 Å². The molecule has 1 nitrogen and oxygen atoms in total. The van der Waals surface area contributed by atoms with Crippen LogP contribution in [0.25, 0.3) is 0 Å². The molecule has 0 spiro atoms. The summed E-state index contributed by atoms with van der Waals surface area (Å²) in [4.78, 5) is 0. The third-order valence-corrected chi connectivity index (χ3v) is 5.53. The maximum Gasteiger partial charge on any atom is 0.123 e. The molecule has 2 aliphatic carbocycles. The molecule has 2 bridgehead atoms. The molecule has 0 heterocycles.